The zero-order valence-electron chi connectivity index (χ0n) is 14.9. The van der Waals surface area contributed by atoms with Crippen LogP contribution in [0.5, 0.6) is 0 Å². The van der Waals surface area contributed by atoms with Gasteiger partial charge in [-0.3, -0.25) is 4.79 Å². The molecule has 7 nitrogen and oxygen atoms in total. The molecule has 0 spiro atoms. The Bertz CT molecular complexity index is 1010. The molecule has 0 radical (unpaired) electrons. The third-order valence-electron chi connectivity index (χ3n) is 5.52. The molecule has 0 aliphatic carbocycles. The van der Waals surface area contributed by atoms with Crippen LogP contribution in [-0.4, -0.2) is 50.2 Å². The number of amides is 1. The van der Waals surface area contributed by atoms with Crippen molar-refractivity contribution in [2.45, 2.75) is 31.8 Å². The minimum absolute atomic E-state index is 0.0694. The largest absolute Gasteiger partial charge is 0.350 e. The number of fused-ring (bicyclic) bond motifs is 2. The van der Waals surface area contributed by atoms with E-state index < -0.39 is 0 Å². The molecule has 140 valence electrons. The number of benzene rings is 1. The van der Waals surface area contributed by atoms with Crippen molar-refractivity contribution in [1.29, 1.82) is 0 Å². The Morgan fingerprint density at radius 2 is 2.11 bits per heavy atom. The maximum absolute atomic E-state index is 13.5. The zero-order chi connectivity index (χ0) is 18.4. The molecule has 2 aromatic heterocycles. The van der Waals surface area contributed by atoms with Crippen LogP contribution in [0.4, 0.5) is 4.39 Å². The van der Waals surface area contributed by atoms with Gasteiger partial charge in [-0.15, -0.1) is 10.2 Å². The smallest absolute Gasteiger partial charge is 0.270 e. The van der Waals surface area contributed by atoms with Gasteiger partial charge in [-0.2, -0.15) is 0 Å². The van der Waals surface area contributed by atoms with Crippen LogP contribution in [0.2, 0.25) is 0 Å². The molecule has 4 heterocycles. The summed E-state index contributed by atoms with van der Waals surface area (Å²) in [5, 5.41) is 13.0. The molecule has 1 fully saturated rings. The van der Waals surface area contributed by atoms with Gasteiger partial charge >= 0.3 is 0 Å². The first-order chi connectivity index (χ1) is 13.2. The van der Waals surface area contributed by atoms with E-state index in [0.717, 1.165) is 55.9 Å². The third-order valence-corrected chi connectivity index (χ3v) is 5.52. The van der Waals surface area contributed by atoms with Crippen LogP contribution in [-0.2, 0) is 13.0 Å². The lowest BCUT2D eigenvalue weighted by molar-refractivity contribution is 0.0722. The summed E-state index contributed by atoms with van der Waals surface area (Å²) in [6.45, 7) is 3.29. The first-order valence-corrected chi connectivity index (χ1v) is 9.42. The first kappa shape index (κ1) is 16.4. The number of carbonyl (C=O) groups is 1. The van der Waals surface area contributed by atoms with Gasteiger partial charge in [-0.1, -0.05) is 0 Å². The van der Waals surface area contributed by atoms with Crippen molar-refractivity contribution in [1.82, 2.24) is 30.0 Å². The molecule has 0 unspecified atom stereocenters. The van der Waals surface area contributed by atoms with E-state index in [1.54, 1.807) is 12.1 Å². The van der Waals surface area contributed by atoms with E-state index >= 15 is 0 Å². The Morgan fingerprint density at radius 3 is 3.04 bits per heavy atom. The van der Waals surface area contributed by atoms with Crippen LogP contribution in [0, 0.1) is 5.82 Å². The standard InChI is InChI=1S/C19H21FN6O/c20-13-4-3-12-10-15(22-14(12)11-13)19(27)25-8-1-2-16(25)18-24-23-17-5-6-21-7-9-26(17)18/h3-4,10-11,16,21-22H,1-2,5-9H2/t16-/m1/s1. The zero-order valence-corrected chi connectivity index (χ0v) is 14.9. The summed E-state index contributed by atoms with van der Waals surface area (Å²) in [4.78, 5) is 18.1. The number of nitrogens with zero attached hydrogens (tertiary/aromatic N) is 4. The highest BCUT2D eigenvalue weighted by atomic mass is 19.1. The average molecular weight is 368 g/mol. The molecule has 2 aliphatic rings. The molecule has 0 bridgehead atoms. The topological polar surface area (TPSA) is 78.8 Å². The van der Waals surface area contributed by atoms with Crippen molar-refractivity contribution in [2.24, 2.45) is 0 Å². The van der Waals surface area contributed by atoms with Crippen LogP contribution in [0.25, 0.3) is 10.9 Å². The van der Waals surface area contributed by atoms with Crippen molar-refractivity contribution in [3.63, 3.8) is 0 Å². The Morgan fingerprint density at radius 1 is 1.19 bits per heavy atom. The normalized spacial score (nSPS) is 20.0. The molecular formula is C19H21FN6O. The van der Waals surface area contributed by atoms with Crippen LogP contribution < -0.4 is 5.32 Å². The number of rotatable bonds is 2. The summed E-state index contributed by atoms with van der Waals surface area (Å²) in [5.41, 5.74) is 1.12. The van der Waals surface area contributed by atoms with E-state index in [0.29, 0.717) is 17.8 Å². The molecule has 1 saturated heterocycles. The monoisotopic (exact) mass is 368 g/mol. The fraction of sp³-hybridized carbons (Fsp3) is 0.421. The summed E-state index contributed by atoms with van der Waals surface area (Å²) >= 11 is 0. The average Bonchev–Trinajstić information content (AvgIpc) is 3.35. The second-order valence-electron chi connectivity index (χ2n) is 7.20. The molecule has 2 aliphatic heterocycles. The van der Waals surface area contributed by atoms with Crippen molar-refractivity contribution in [3.05, 3.63) is 47.4 Å². The maximum Gasteiger partial charge on any atom is 0.270 e. The molecule has 5 rings (SSSR count). The van der Waals surface area contributed by atoms with Crippen molar-refractivity contribution in [2.75, 3.05) is 19.6 Å². The number of carbonyl (C=O) groups excluding carboxylic acids is 1. The number of nitrogens with one attached hydrogen (secondary N) is 2. The number of aromatic amines is 1. The van der Waals surface area contributed by atoms with E-state index in [9.17, 15) is 9.18 Å². The fourth-order valence-electron chi connectivity index (χ4n) is 4.19. The van der Waals surface area contributed by atoms with Gasteiger partial charge in [-0.25, -0.2) is 4.39 Å². The molecule has 1 atom stereocenters. The van der Waals surface area contributed by atoms with Gasteiger partial charge < -0.3 is 19.8 Å². The highest BCUT2D eigenvalue weighted by molar-refractivity contribution is 5.98. The highest BCUT2D eigenvalue weighted by Crippen LogP contribution is 2.33. The molecule has 0 saturated carbocycles. The summed E-state index contributed by atoms with van der Waals surface area (Å²) in [7, 11) is 0. The number of halogens is 1. The van der Waals surface area contributed by atoms with Crippen molar-refractivity contribution < 1.29 is 9.18 Å². The van der Waals surface area contributed by atoms with Gasteiger partial charge in [0, 0.05) is 43.5 Å². The molecule has 2 N–H and O–H groups in total. The maximum atomic E-state index is 13.5. The molecule has 1 amide bonds. The summed E-state index contributed by atoms with van der Waals surface area (Å²) in [6.07, 6.45) is 2.67. The molecule has 27 heavy (non-hydrogen) atoms. The quantitative estimate of drug-likeness (QED) is 0.725. The van der Waals surface area contributed by atoms with E-state index in [1.807, 2.05) is 4.90 Å². The lowest BCUT2D eigenvalue weighted by atomic mass is 10.2. The van der Waals surface area contributed by atoms with Crippen LogP contribution in [0.15, 0.2) is 24.3 Å². The van der Waals surface area contributed by atoms with Crippen LogP contribution in [0.1, 0.15) is 41.0 Å². The molecule has 3 aromatic rings. The Labute approximate surface area is 155 Å². The van der Waals surface area contributed by atoms with E-state index in [1.165, 1.54) is 12.1 Å². The van der Waals surface area contributed by atoms with E-state index in [-0.39, 0.29) is 17.8 Å². The lowest BCUT2D eigenvalue weighted by Gasteiger charge is -2.24. The van der Waals surface area contributed by atoms with Gasteiger partial charge in [0.2, 0.25) is 0 Å². The number of likely N-dealkylation sites (tertiary alicyclic amines) is 1. The minimum atomic E-state index is -0.317. The lowest BCUT2D eigenvalue weighted by Crippen LogP contribution is -2.32. The number of aromatic nitrogens is 4. The highest BCUT2D eigenvalue weighted by Gasteiger charge is 2.35. The fourth-order valence-corrected chi connectivity index (χ4v) is 4.19. The van der Waals surface area contributed by atoms with E-state index in [2.05, 4.69) is 25.1 Å². The Balaban J connectivity index is 1.47. The van der Waals surface area contributed by atoms with Gasteiger partial charge in [0.1, 0.15) is 17.3 Å². The van der Waals surface area contributed by atoms with Gasteiger partial charge in [0.05, 0.1) is 6.04 Å². The predicted molar refractivity (Wildman–Crippen MR) is 97.9 cm³/mol. The SMILES string of the molecule is O=C(c1cc2ccc(F)cc2[nH]1)N1CCC[C@@H]1c1nnc2n1CCNCC2. The summed E-state index contributed by atoms with van der Waals surface area (Å²) in [6, 6.07) is 6.23. The van der Waals surface area contributed by atoms with Gasteiger partial charge in [-0.05, 0) is 37.1 Å². The summed E-state index contributed by atoms with van der Waals surface area (Å²) in [5.74, 6) is 1.47. The molecule has 1 aromatic carbocycles. The van der Waals surface area contributed by atoms with Crippen LogP contribution >= 0.6 is 0 Å². The number of H-pyrrole nitrogens is 1. The van der Waals surface area contributed by atoms with Crippen LogP contribution in [0.3, 0.4) is 0 Å². The Kier molecular flexibility index (Phi) is 3.93. The molecule has 8 heteroatoms. The van der Waals surface area contributed by atoms with Crippen molar-refractivity contribution >= 4 is 16.8 Å². The second-order valence-corrected chi connectivity index (χ2v) is 7.20. The second kappa shape index (κ2) is 6.45. The number of hydrogen-bond donors (Lipinski definition) is 2. The third kappa shape index (κ3) is 2.80. The predicted octanol–water partition coefficient (Wildman–Crippen LogP) is 2.02. The van der Waals surface area contributed by atoms with Crippen molar-refractivity contribution in [3.8, 4) is 0 Å². The van der Waals surface area contributed by atoms with E-state index in [4.69, 9.17) is 0 Å². The summed E-state index contributed by atoms with van der Waals surface area (Å²) < 4.78 is 15.6. The number of hydrogen-bond acceptors (Lipinski definition) is 4. The van der Waals surface area contributed by atoms with Gasteiger partial charge in [0.25, 0.3) is 5.91 Å². The molecular weight excluding hydrogens is 347 g/mol. The Hall–Kier alpha value is -2.74. The van der Waals surface area contributed by atoms with Gasteiger partial charge in [0.15, 0.2) is 5.82 Å². The minimum Gasteiger partial charge on any atom is -0.350 e. The first-order valence-electron chi connectivity index (χ1n) is 9.42.